The van der Waals surface area contributed by atoms with Gasteiger partial charge in [0.05, 0.1) is 17.7 Å². The normalized spacial score (nSPS) is 14.0. The Hall–Kier alpha value is -1.95. The molecule has 1 unspecified atom stereocenters. The monoisotopic (exact) mass is 509 g/mol. The predicted octanol–water partition coefficient (Wildman–Crippen LogP) is 6.42. The molecule has 0 aliphatic heterocycles. The molecule has 166 valence electrons. The molecular formula is C18H13BrF9NO. The number of rotatable bonds is 5. The van der Waals surface area contributed by atoms with E-state index in [1.165, 1.54) is 6.07 Å². The van der Waals surface area contributed by atoms with E-state index in [1.54, 1.807) is 0 Å². The Labute approximate surface area is 173 Å². The Kier molecular flexibility index (Phi) is 7.02. The fraction of sp³-hybridized carbons (Fsp3) is 0.333. The average Bonchev–Trinajstić information content (AvgIpc) is 2.59. The summed E-state index contributed by atoms with van der Waals surface area (Å²) < 4.78 is 116. The Balaban J connectivity index is 2.47. The van der Waals surface area contributed by atoms with Crippen LogP contribution in [-0.4, -0.2) is 23.9 Å². The van der Waals surface area contributed by atoms with E-state index >= 15 is 0 Å². The van der Waals surface area contributed by atoms with Gasteiger partial charge in [0.1, 0.15) is 0 Å². The number of halogens is 10. The van der Waals surface area contributed by atoms with Crippen molar-refractivity contribution in [3.05, 3.63) is 63.6 Å². The summed E-state index contributed by atoms with van der Waals surface area (Å²) in [5, 5.41) is 9.38. The van der Waals surface area contributed by atoms with Crippen LogP contribution in [0.25, 0.3) is 0 Å². The molecular weight excluding hydrogens is 497 g/mol. The summed E-state index contributed by atoms with van der Waals surface area (Å²) in [6, 6.07) is 6.22. The van der Waals surface area contributed by atoms with Gasteiger partial charge >= 0.3 is 18.5 Å². The summed E-state index contributed by atoms with van der Waals surface area (Å²) in [7, 11) is 0. The molecule has 1 N–H and O–H groups in total. The van der Waals surface area contributed by atoms with Crippen molar-refractivity contribution in [1.29, 1.82) is 0 Å². The first-order valence-corrected chi connectivity index (χ1v) is 8.91. The summed E-state index contributed by atoms with van der Waals surface area (Å²) in [5.74, 6) is 0. The standard InChI is InChI=1S/C18H13BrF9NO/c19-14-5-4-12(7-13(14)17(23,24)25)29(9-15(30)18(26,27)28)8-10-2-1-3-11(6-10)16(20,21)22/h1-7,15,30H,8-9H2. The fourth-order valence-electron chi connectivity index (χ4n) is 2.57. The van der Waals surface area contributed by atoms with E-state index in [-0.39, 0.29) is 15.7 Å². The summed E-state index contributed by atoms with van der Waals surface area (Å²) >= 11 is 2.70. The van der Waals surface area contributed by atoms with E-state index in [1.807, 2.05) is 0 Å². The van der Waals surface area contributed by atoms with Crippen molar-refractivity contribution < 1.29 is 44.6 Å². The molecule has 30 heavy (non-hydrogen) atoms. The van der Waals surface area contributed by atoms with Crippen LogP contribution in [0.15, 0.2) is 46.9 Å². The number of aliphatic hydroxyl groups excluding tert-OH is 1. The van der Waals surface area contributed by atoms with Gasteiger partial charge in [0.25, 0.3) is 0 Å². The van der Waals surface area contributed by atoms with E-state index in [0.29, 0.717) is 12.1 Å². The zero-order chi connectivity index (χ0) is 22.9. The van der Waals surface area contributed by atoms with Crippen molar-refractivity contribution in [2.24, 2.45) is 0 Å². The van der Waals surface area contributed by atoms with E-state index in [9.17, 15) is 44.6 Å². The highest BCUT2D eigenvalue weighted by Gasteiger charge is 2.40. The van der Waals surface area contributed by atoms with Gasteiger partial charge in [0.15, 0.2) is 6.10 Å². The maximum Gasteiger partial charge on any atom is 0.417 e. The Morgan fingerprint density at radius 3 is 2.03 bits per heavy atom. The lowest BCUT2D eigenvalue weighted by Crippen LogP contribution is -2.41. The van der Waals surface area contributed by atoms with E-state index in [4.69, 9.17) is 0 Å². The molecule has 0 radical (unpaired) electrons. The Bertz CT molecular complexity index is 877. The molecule has 0 fully saturated rings. The summed E-state index contributed by atoms with van der Waals surface area (Å²) in [4.78, 5) is 0.731. The number of benzene rings is 2. The number of anilines is 1. The minimum atomic E-state index is -5.08. The number of nitrogens with zero attached hydrogens (tertiary/aromatic N) is 1. The van der Waals surface area contributed by atoms with Crippen molar-refractivity contribution in [3.8, 4) is 0 Å². The zero-order valence-electron chi connectivity index (χ0n) is 14.7. The molecule has 0 aliphatic rings. The van der Waals surface area contributed by atoms with Crippen LogP contribution in [0.3, 0.4) is 0 Å². The summed E-state index contributed by atoms with van der Waals surface area (Å²) in [6.45, 7) is -1.78. The van der Waals surface area contributed by atoms with Gasteiger partial charge in [0, 0.05) is 16.7 Å². The first kappa shape index (κ1) is 24.3. The minimum absolute atomic E-state index is 0.101. The maximum atomic E-state index is 13.2. The van der Waals surface area contributed by atoms with Crippen molar-refractivity contribution >= 4 is 21.6 Å². The number of alkyl halides is 9. The van der Waals surface area contributed by atoms with Gasteiger partial charge in [-0.2, -0.15) is 39.5 Å². The van der Waals surface area contributed by atoms with Gasteiger partial charge in [-0.05, 0) is 35.9 Å². The molecule has 0 heterocycles. The molecule has 1 atom stereocenters. The highest BCUT2D eigenvalue weighted by Crippen LogP contribution is 2.38. The topological polar surface area (TPSA) is 23.5 Å². The van der Waals surface area contributed by atoms with Crippen LogP contribution >= 0.6 is 15.9 Å². The average molecular weight is 510 g/mol. The van der Waals surface area contributed by atoms with Crippen molar-refractivity contribution in [2.75, 3.05) is 11.4 Å². The molecule has 2 aromatic carbocycles. The van der Waals surface area contributed by atoms with Crippen molar-refractivity contribution in [3.63, 3.8) is 0 Å². The molecule has 0 amide bonds. The second kappa shape index (κ2) is 8.66. The van der Waals surface area contributed by atoms with Gasteiger partial charge < -0.3 is 10.0 Å². The molecule has 0 bridgehead atoms. The maximum absolute atomic E-state index is 13.2. The van der Waals surface area contributed by atoms with E-state index in [2.05, 4.69) is 15.9 Å². The second-order valence-electron chi connectivity index (χ2n) is 6.30. The molecule has 0 aliphatic carbocycles. The third kappa shape index (κ3) is 6.27. The highest BCUT2D eigenvalue weighted by molar-refractivity contribution is 9.10. The van der Waals surface area contributed by atoms with Gasteiger partial charge in [0.2, 0.25) is 0 Å². The molecule has 2 rings (SSSR count). The lowest BCUT2D eigenvalue weighted by atomic mass is 10.1. The third-order valence-electron chi connectivity index (χ3n) is 4.02. The molecule has 12 heteroatoms. The van der Waals surface area contributed by atoms with Crippen LogP contribution in [0.5, 0.6) is 0 Å². The number of aliphatic hydroxyl groups is 1. The quantitative estimate of drug-likeness (QED) is 0.470. The number of hydrogen-bond donors (Lipinski definition) is 1. The van der Waals surface area contributed by atoms with Gasteiger partial charge in [-0.1, -0.05) is 28.1 Å². The Morgan fingerprint density at radius 2 is 1.50 bits per heavy atom. The number of hydrogen-bond acceptors (Lipinski definition) is 2. The van der Waals surface area contributed by atoms with Gasteiger partial charge in [-0.15, -0.1) is 0 Å². The molecule has 2 nitrogen and oxygen atoms in total. The lowest BCUT2D eigenvalue weighted by Gasteiger charge is -2.29. The van der Waals surface area contributed by atoms with Crippen LogP contribution in [0, 0.1) is 0 Å². The second-order valence-corrected chi connectivity index (χ2v) is 7.15. The van der Waals surface area contributed by atoms with E-state index < -0.39 is 48.8 Å². The molecule has 0 saturated carbocycles. The van der Waals surface area contributed by atoms with Gasteiger partial charge in [-0.3, -0.25) is 0 Å². The fourth-order valence-corrected chi connectivity index (χ4v) is 3.04. The third-order valence-corrected chi connectivity index (χ3v) is 4.71. The molecule has 2 aromatic rings. The molecule has 0 saturated heterocycles. The van der Waals surface area contributed by atoms with Gasteiger partial charge in [-0.25, -0.2) is 0 Å². The minimum Gasteiger partial charge on any atom is -0.382 e. The smallest absolute Gasteiger partial charge is 0.382 e. The Morgan fingerprint density at radius 1 is 0.867 bits per heavy atom. The van der Waals surface area contributed by atoms with Crippen molar-refractivity contribution in [1.82, 2.24) is 0 Å². The van der Waals surface area contributed by atoms with Crippen LogP contribution in [-0.2, 0) is 18.9 Å². The van der Waals surface area contributed by atoms with Crippen LogP contribution < -0.4 is 4.90 Å². The predicted molar refractivity (Wildman–Crippen MR) is 93.7 cm³/mol. The summed E-state index contributed by atoms with van der Waals surface area (Å²) in [6.07, 6.45) is -17.6. The lowest BCUT2D eigenvalue weighted by molar-refractivity contribution is -0.200. The van der Waals surface area contributed by atoms with Crippen LogP contribution in [0.4, 0.5) is 45.2 Å². The first-order chi connectivity index (χ1) is 13.6. The first-order valence-electron chi connectivity index (χ1n) is 8.11. The largest absolute Gasteiger partial charge is 0.417 e. The zero-order valence-corrected chi connectivity index (χ0v) is 16.3. The van der Waals surface area contributed by atoms with Crippen molar-refractivity contribution in [2.45, 2.75) is 31.2 Å². The molecule has 0 spiro atoms. The van der Waals surface area contributed by atoms with Crippen LogP contribution in [0.1, 0.15) is 16.7 Å². The highest BCUT2D eigenvalue weighted by atomic mass is 79.9. The van der Waals surface area contributed by atoms with Crippen LogP contribution in [0.2, 0.25) is 0 Å². The molecule has 0 aromatic heterocycles. The van der Waals surface area contributed by atoms with E-state index in [0.717, 1.165) is 29.2 Å². The SMILES string of the molecule is OC(CN(Cc1cccc(C(F)(F)F)c1)c1ccc(Br)c(C(F)(F)F)c1)C(F)(F)F. The summed E-state index contributed by atoms with van der Waals surface area (Å²) in [5.41, 5.74) is -2.71.